The van der Waals surface area contributed by atoms with Gasteiger partial charge in [0.05, 0.1) is 6.54 Å². The van der Waals surface area contributed by atoms with Gasteiger partial charge < -0.3 is 9.73 Å². The molecule has 0 atom stereocenters. The third-order valence-electron chi connectivity index (χ3n) is 3.91. The van der Waals surface area contributed by atoms with Crippen LogP contribution in [-0.4, -0.2) is 24.5 Å². The molecule has 0 bridgehead atoms. The molecule has 0 amide bonds. The van der Waals surface area contributed by atoms with E-state index in [1.54, 1.807) is 0 Å². The summed E-state index contributed by atoms with van der Waals surface area (Å²) in [5, 5.41) is 4.78. The summed E-state index contributed by atoms with van der Waals surface area (Å²) in [5.41, 5.74) is 2.30. The molecule has 1 aromatic carbocycles. The summed E-state index contributed by atoms with van der Waals surface area (Å²) in [6.07, 6.45) is 0. The summed E-state index contributed by atoms with van der Waals surface area (Å²) in [6.45, 7) is 11.6. The van der Waals surface area contributed by atoms with Crippen LogP contribution in [0.5, 0.6) is 0 Å². The van der Waals surface area contributed by atoms with Crippen LogP contribution in [0.4, 0.5) is 0 Å². The van der Waals surface area contributed by atoms with E-state index < -0.39 is 0 Å². The average molecular weight is 288 g/mol. The fourth-order valence-corrected chi connectivity index (χ4v) is 2.37. The van der Waals surface area contributed by atoms with Crippen molar-refractivity contribution in [3.63, 3.8) is 0 Å². The Labute approximate surface area is 128 Å². The summed E-state index contributed by atoms with van der Waals surface area (Å²) in [4.78, 5) is 2.31. The Morgan fingerprint density at radius 2 is 1.86 bits per heavy atom. The number of nitrogens with zero attached hydrogens (tertiary/aromatic N) is 1. The standard InChI is InChI=1S/C18H28N2O/c1-13(2)10-19-11-16-15-8-6-7-9-17(15)21-18(16)12-20(5)14(3)4/h6-9,13-14,19H,10-12H2,1-5H3. The number of hydrogen-bond acceptors (Lipinski definition) is 3. The summed E-state index contributed by atoms with van der Waals surface area (Å²) >= 11 is 0. The Bertz CT molecular complexity index is 572. The average Bonchev–Trinajstić information content (AvgIpc) is 2.76. The maximum absolute atomic E-state index is 6.10. The first-order valence-corrected chi connectivity index (χ1v) is 7.89. The highest BCUT2D eigenvalue weighted by Crippen LogP contribution is 2.27. The van der Waals surface area contributed by atoms with Crippen molar-refractivity contribution in [2.24, 2.45) is 5.92 Å². The number of benzene rings is 1. The van der Waals surface area contributed by atoms with E-state index in [2.05, 4.69) is 63.2 Å². The third-order valence-corrected chi connectivity index (χ3v) is 3.91. The van der Waals surface area contributed by atoms with Crippen LogP contribution in [0.1, 0.15) is 39.0 Å². The number of furan rings is 1. The molecule has 0 spiro atoms. The molecule has 0 aliphatic carbocycles. The lowest BCUT2D eigenvalue weighted by Crippen LogP contribution is -2.26. The molecule has 1 N–H and O–H groups in total. The van der Waals surface area contributed by atoms with Gasteiger partial charge in [-0.3, -0.25) is 4.90 Å². The van der Waals surface area contributed by atoms with Gasteiger partial charge in [-0.05, 0) is 39.4 Å². The van der Waals surface area contributed by atoms with Crippen molar-refractivity contribution in [3.8, 4) is 0 Å². The molecule has 2 rings (SSSR count). The lowest BCUT2D eigenvalue weighted by molar-refractivity contribution is 0.245. The van der Waals surface area contributed by atoms with Gasteiger partial charge in [0, 0.05) is 23.5 Å². The predicted molar refractivity (Wildman–Crippen MR) is 89.4 cm³/mol. The van der Waals surface area contributed by atoms with Crippen molar-refractivity contribution in [1.29, 1.82) is 0 Å². The highest BCUT2D eigenvalue weighted by Gasteiger charge is 2.16. The third kappa shape index (κ3) is 4.08. The van der Waals surface area contributed by atoms with Gasteiger partial charge in [-0.15, -0.1) is 0 Å². The zero-order chi connectivity index (χ0) is 15.4. The Morgan fingerprint density at radius 3 is 2.52 bits per heavy atom. The van der Waals surface area contributed by atoms with Crippen LogP contribution < -0.4 is 5.32 Å². The van der Waals surface area contributed by atoms with Crippen molar-refractivity contribution in [3.05, 3.63) is 35.6 Å². The second-order valence-corrected chi connectivity index (χ2v) is 6.53. The molecule has 1 aromatic heterocycles. The van der Waals surface area contributed by atoms with E-state index in [4.69, 9.17) is 4.42 Å². The molecule has 0 aliphatic heterocycles. The number of rotatable bonds is 7. The quantitative estimate of drug-likeness (QED) is 0.834. The van der Waals surface area contributed by atoms with Crippen molar-refractivity contribution in [1.82, 2.24) is 10.2 Å². The van der Waals surface area contributed by atoms with Crippen LogP contribution in [0.2, 0.25) is 0 Å². The van der Waals surface area contributed by atoms with Crippen LogP contribution in [-0.2, 0) is 13.1 Å². The fraction of sp³-hybridized carbons (Fsp3) is 0.556. The Hall–Kier alpha value is -1.32. The van der Waals surface area contributed by atoms with Gasteiger partial charge in [0.15, 0.2) is 0 Å². The first kappa shape index (κ1) is 16.1. The SMILES string of the molecule is CC(C)CNCc1c(CN(C)C(C)C)oc2ccccc12. The minimum atomic E-state index is 0.509. The molecule has 0 saturated carbocycles. The van der Waals surface area contributed by atoms with Crippen LogP contribution in [0.25, 0.3) is 11.0 Å². The highest BCUT2D eigenvalue weighted by molar-refractivity contribution is 5.82. The largest absolute Gasteiger partial charge is 0.459 e. The van der Waals surface area contributed by atoms with Gasteiger partial charge in [-0.1, -0.05) is 32.0 Å². The molecule has 21 heavy (non-hydrogen) atoms. The van der Waals surface area contributed by atoms with Gasteiger partial charge in [0.25, 0.3) is 0 Å². The van der Waals surface area contributed by atoms with Gasteiger partial charge in [-0.25, -0.2) is 0 Å². The zero-order valence-electron chi connectivity index (χ0n) is 13.9. The highest BCUT2D eigenvalue weighted by atomic mass is 16.3. The lowest BCUT2D eigenvalue weighted by atomic mass is 10.1. The minimum absolute atomic E-state index is 0.509. The molecule has 3 heteroatoms. The second kappa shape index (κ2) is 7.10. The normalized spacial score (nSPS) is 12.2. The minimum Gasteiger partial charge on any atom is -0.459 e. The smallest absolute Gasteiger partial charge is 0.134 e. The van der Waals surface area contributed by atoms with Crippen molar-refractivity contribution < 1.29 is 4.42 Å². The monoisotopic (exact) mass is 288 g/mol. The van der Waals surface area contributed by atoms with Gasteiger partial charge in [-0.2, -0.15) is 0 Å². The molecule has 0 radical (unpaired) electrons. The topological polar surface area (TPSA) is 28.4 Å². The molecule has 3 nitrogen and oxygen atoms in total. The fourth-order valence-electron chi connectivity index (χ4n) is 2.37. The van der Waals surface area contributed by atoms with E-state index in [0.717, 1.165) is 31.0 Å². The molecule has 116 valence electrons. The van der Waals surface area contributed by atoms with Crippen LogP contribution in [0.15, 0.2) is 28.7 Å². The molecule has 1 heterocycles. The van der Waals surface area contributed by atoms with Crippen LogP contribution >= 0.6 is 0 Å². The number of hydrogen-bond donors (Lipinski definition) is 1. The molecule has 2 aromatic rings. The lowest BCUT2D eigenvalue weighted by Gasteiger charge is -2.20. The molecular formula is C18H28N2O. The van der Waals surface area contributed by atoms with Gasteiger partial charge in [0.2, 0.25) is 0 Å². The van der Waals surface area contributed by atoms with Crippen molar-refractivity contribution >= 4 is 11.0 Å². The van der Waals surface area contributed by atoms with E-state index in [0.29, 0.717) is 12.0 Å². The second-order valence-electron chi connectivity index (χ2n) is 6.53. The Kier molecular flexibility index (Phi) is 5.43. The maximum Gasteiger partial charge on any atom is 0.134 e. The number of fused-ring (bicyclic) bond motifs is 1. The number of nitrogens with one attached hydrogen (secondary N) is 1. The summed E-state index contributed by atoms with van der Waals surface area (Å²) in [5.74, 6) is 1.74. The van der Waals surface area contributed by atoms with E-state index >= 15 is 0 Å². The molecular weight excluding hydrogens is 260 g/mol. The van der Waals surface area contributed by atoms with Crippen molar-refractivity contribution in [2.75, 3.05) is 13.6 Å². The van der Waals surface area contributed by atoms with Crippen LogP contribution in [0.3, 0.4) is 0 Å². The van der Waals surface area contributed by atoms with E-state index in [1.165, 1.54) is 10.9 Å². The van der Waals surface area contributed by atoms with Gasteiger partial charge in [0.1, 0.15) is 11.3 Å². The van der Waals surface area contributed by atoms with E-state index in [9.17, 15) is 0 Å². The maximum atomic E-state index is 6.10. The van der Waals surface area contributed by atoms with E-state index in [-0.39, 0.29) is 0 Å². The number of para-hydroxylation sites is 1. The Balaban J connectivity index is 2.25. The zero-order valence-corrected chi connectivity index (χ0v) is 13.9. The molecule has 0 saturated heterocycles. The first-order valence-electron chi connectivity index (χ1n) is 7.89. The van der Waals surface area contributed by atoms with Crippen LogP contribution in [0, 0.1) is 5.92 Å². The Morgan fingerprint density at radius 1 is 1.14 bits per heavy atom. The molecule has 0 unspecified atom stereocenters. The molecule has 0 fully saturated rings. The van der Waals surface area contributed by atoms with Crippen molar-refractivity contribution in [2.45, 2.75) is 46.8 Å². The predicted octanol–water partition coefficient (Wildman–Crippen LogP) is 4.02. The van der Waals surface area contributed by atoms with E-state index in [1.807, 2.05) is 6.07 Å². The molecule has 0 aliphatic rings. The summed E-state index contributed by atoms with van der Waals surface area (Å²) < 4.78 is 6.10. The first-order chi connectivity index (χ1) is 9.99. The summed E-state index contributed by atoms with van der Waals surface area (Å²) in [6, 6.07) is 8.84. The summed E-state index contributed by atoms with van der Waals surface area (Å²) in [7, 11) is 2.14. The van der Waals surface area contributed by atoms with Gasteiger partial charge >= 0.3 is 0 Å².